The lowest BCUT2D eigenvalue weighted by Gasteiger charge is -2.43. The number of ether oxygens (including phenoxy) is 1. The topological polar surface area (TPSA) is 71.2 Å². The number of rotatable bonds is 2. The summed E-state index contributed by atoms with van der Waals surface area (Å²) in [7, 11) is 1.44. The molecule has 5 nitrogen and oxygen atoms in total. The number of nitrogens with one attached hydrogen (secondary N) is 2. The number of hydrogen-bond donors (Lipinski definition) is 2. The molecule has 0 spiro atoms. The molecule has 25 heavy (non-hydrogen) atoms. The van der Waals surface area contributed by atoms with Gasteiger partial charge in [-0.1, -0.05) is 31.5 Å². The van der Waals surface area contributed by atoms with Crippen LogP contribution in [0.25, 0.3) is 10.9 Å². The first-order valence-corrected chi connectivity index (χ1v) is 9.08. The van der Waals surface area contributed by atoms with Gasteiger partial charge < -0.3 is 15.0 Å². The van der Waals surface area contributed by atoms with Gasteiger partial charge in [-0.2, -0.15) is 0 Å². The molecule has 1 aromatic heterocycles. The highest BCUT2D eigenvalue weighted by Crippen LogP contribution is 2.39. The molecule has 1 aliphatic heterocycles. The van der Waals surface area contributed by atoms with E-state index in [-0.39, 0.29) is 29.6 Å². The first kappa shape index (κ1) is 16.3. The van der Waals surface area contributed by atoms with E-state index in [4.69, 9.17) is 4.74 Å². The molecule has 2 bridgehead atoms. The second-order valence-corrected chi connectivity index (χ2v) is 7.25. The number of benzene rings is 1. The predicted molar refractivity (Wildman–Crippen MR) is 95.5 cm³/mol. The van der Waals surface area contributed by atoms with Gasteiger partial charge >= 0.3 is 5.97 Å². The summed E-state index contributed by atoms with van der Waals surface area (Å²) in [4.78, 5) is 28.9. The smallest absolute Gasteiger partial charge is 0.310 e. The van der Waals surface area contributed by atoms with Gasteiger partial charge in [0.2, 0.25) is 0 Å². The fourth-order valence-corrected chi connectivity index (χ4v) is 4.77. The van der Waals surface area contributed by atoms with E-state index in [0.29, 0.717) is 18.8 Å². The highest BCUT2D eigenvalue weighted by molar-refractivity contribution is 6.03. The van der Waals surface area contributed by atoms with Gasteiger partial charge in [-0.25, -0.2) is 0 Å². The van der Waals surface area contributed by atoms with E-state index in [1.54, 1.807) is 0 Å². The summed E-state index contributed by atoms with van der Waals surface area (Å²) in [6.07, 6.45) is 2.01. The Morgan fingerprint density at radius 1 is 1.28 bits per heavy atom. The molecule has 2 aliphatic rings. The van der Waals surface area contributed by atoms with Crippen molar-refractivity contribution >= 4 is 22.7 Å². The average Bonchev–Trinajstić information content (AvgIpc) is 2.99. The number of H-pyrrole nitrogens is 1. The zero-order chi connectivity index (χ0) is 17.6. The van der Waals surface area contributed by atoms with Crippen LogP contribution in [0.5, 0.6) is 0 Å². The number of Topliss-reactive ketones (excluding diaryl/α,β-unsaturated/α-hetero) is 1. The number of ketones is 1. The fourth-order valence-electron chi connectivity index (χ4n) is 4.77. The maximum atomic E-state index is 13.0. The Morgan fingerprint density at radius 2 is 2.08 bits per heavy atom. The summed E-state index contributed by atoms with van der Waals surface area (Å²) in [5.74, 6) is 0.00102. The molecule has 2 heterocycles. The normalized spacial score (nSPS) is 29.0. The van der Waals surface area contributed by atoms with Gasteiger partial charge in [-0.3, -0.25) is 9.59 Å². The van der Waals surface area contributed by atoms with Gasteiger partial charge in [0, 0.05) is 23.4 Å². The third-order valence-electron chi connectivity index (χ3n) is 6.08. The van der Waals surface area contributed by atoms with Crippen molar-refractivity contribution in [2.75, 3.05) is 13.7 Å². The summed E-state index contributed by atoms with van der Waals surface area (Å²) < 4.78 is 5.11. The average molecular weight is 340 g/mol. The van der Waals surface area contributed by atoms with Crippen molar-refractivity contribution in [1.29, 1.82) is 0 Å². The van der Waals surface area contributed by atoms with Gasteiger partial charge in [-0.05, 0) is 36.4 Å². The molecule has 0 saturated carbocycles. The number of fused-ring (bicyclic) bond motifs is 5. The minimum Gasteiger partial charge on any atom is -0.469 e. The number of piperidine rings is 1. The molecule has 132 valence electrons. The van der Waals surface area contributed by atoms with E-state index in [1.807, 2.05) is 24.3 Å². The Balaban J connectivity index is 1.84. The van der Waals surface area contributed by atoms with Crippen molar-refractivity contribution in [2.45, 2.75) is 32.2 Å². The van der Waals surface area contributed by atoms with Crippen LogP contribution in [0.2, 0.25) is 0 Å². The predicted octanol–water partition coefficient (Wildman–Crippen LogP) is 2.70. The van der Waals surface area contributed by atoms with Gasteiger partial charge in [-0.15, -0.1) is 0 Å². The van der Waals surface area contributed by atoms with Crippen LogP contribution in [0.3, 0.4) is 0 Å². The Bertz CT molecular complexity index is 825. The van der Waals surface area contributed by atoms with Crippen LogP contribution < -0.4 is 5.32 Å². The standard InChI is InChI=1S/C20H24N2O3/c1-3-11-10-21-16-8-14-12-6-4-5-7-15(12)22-19(14)17(23)9-13(11)18(16)20(24)25-2/h4-7,11,13,16,18,21-22H,3,8-10H2,1-2H3. The zero-order valence-electron chi connectivity index (χ0n) is 14.7. The Hall–Kier alpha value is -2.14. The third kappa shape index (κ3) is 2.58. The number of aromatic nitrogens is 1. The van der Waals surface area contributed by atoms with E-state index >= 15 is 0 Å². The first-order valence-electron chi connectivity index (χ1n) is 9.08. The van der Waals surface area contributed by atoms with Gasteiger partial charge in [0.25, 0.3) is 0 Å². The van der Waals surface area contributed by atoms with Crippen molar-refractivity contribution in [3.8, 4) is 0 Å². The van der Waals surface area contributed by atoms with Gasteiger partial charge in [0.05, 0.1) is 18.7 Å². The number of carbonyl (C=O) groups is 2. The van der Waals surface area contributed by atoms with E-state index < -0.39 is 0 Å². The minimum atomic E-state index is -0.269. The molecule has 2 N–H and O–H groups in total. The van der Waals surface area contributed by atoms with Crippen LogP contribution in [0.4, 0.5) is 0 Å². The largest absolute Gasteiger partial charge is 0.469 e. The molecule has 4 atom stereocenters. The molecule has 5 heteroatoms. The highest BCUT2D eigenvalue weighted by atomic mass is 16.5. The van der Waals surface area contributed by atoms with Crippen LogP contribution in [-0.2, 0) is 16.0 Å². The number of aromatic amines is 1. The molecular formula is C20H24N2O3. The van der Waals surface area contributed by atoms with E-state index in [9.17, 15) is 9.59 Å². The second-order valence-electron chi connectivity index (χ2n) is 7.25. The molecule has 1 aliphatic carbocycles. The number of para-hydroxylation sites is 1. The molecule has 4 unspecified atom stereocenters. The van der Waals surface area contributed by atoms with Crippen LogP contribution in [0.15, 0.2) is 24.3 Å². The quantitative estimate of drug-likeness (QED) is 0.825. The summed E-state index contributed by atoms with van der Waals surface area (Å²) in [5, 5.41) is 4.64. The monoisotopic (exact) mass is 340 g/mol. The molecule has 4 rings (SSSR count). The van der Waals surface area contributed by atoms with Crippen LogP contribution in [-0.4, -0.2) is 36.4 Å². The molecule has 2 aromatic rings. The molecular weight excluding hydrogens is 316 g/mol. The van der Waals surface area contributed by atoms with Crippen molar-refractivity contribution in [3.63, 3.8) is 0 Å². The van der Waals surface area contributed by atoms with Crippen molar-refractivity contribution in [1.82, 2.24) is 10.3 Å². The van der Waals surface area contributed by atoms with E-state index in [1.165, 1.54) is 7.11 Å². The van der Waals surface area contributed by atoms with E-state index in [0.717, 1.165) is 35.1 Å². The molecule has 1 saturated heterocycles. The fraction of sp³-hybridized carbons (Fsp3) is 0.500. The van der Waals surface area contributed by atoms with Gasteiger partial charge in [0.15, 0.2) is 5.78 Å². The number of methoxy groups -OCH3 is 1. The Labute approximate surface area is 147 Å². The third-order valence-corrected chi connectivity index (χ3v) is 6.08. The van der Waals surface area contributed by atoms with Crippen LogP contribution in [0.1, 0.15) is 35.8 Å². The van der Waals surface area contributed by atoms with Crippen molar-refractivity contribution in [2.24, 2.45) is 17.8 Å². The lowest BCUT2D eigenvalue weighted by molar-refractivity contribution is -0.151. The molecule has 1 fully saturated rings. The molecule has 1 aromatic carbocycles. The Morgan fingerprint density at radius 3 is 2.84 bits per heavy atom. The maximum Gasteiger partial charge on any atom is 0.310 e. The van der Waals surface area contributed by atoms with Gasteiger partial charge in [0.1, 0.15) is 0 Å². The molecule has 0 radical (unpaired) electrons. The number of esters is 1. The summed E-state index contributed by atoms with van der Waals surface area (Å²) in [5.41, 5.74) is 2.73. The Kier molecular flexibility index (Phi) is 4.12. The lowest BCUT2D eigenvalue weighted by atomic mass is 9.68. The summed E-state index contributed by atoms with van der Waals surface area (Å²) in [6, 6.07) is 8.01. The second kappa shape index (κ2) is 6.30. The lowest BCUT2D eigenvalue weighted by Crippen LogP contribution is -2.56. The van der Waals surface area contributed by atoms with Crippen molar-refractivity contribution in [3.05, 3.63) is 35.5 Å². The molecule has 0 amide bonds. The summed E-state index contributed by atoms with van der Waals surface area (Å²) >= 11 is 0. The SMILES string of the molecule is CCC1CNC2Cc3c([nH]c4ccccc34)C(=O)CC1C2C(=O)OC. The van der Waals surface area contributed by atoms with Crippen LogP contribution in [0, 0.1) is 17.8 Å². The maximum absolute atomic E-state index is 13.0. The van der Waals surface area contributed by atoms with Crippen LogP contribution >= 0.6 is 0 Å². The zero-order valence-corrected chi connectivity index (χ0v) is 14.7. The highest BCUT2D eigenvalue weighted by Gasteiger charge is 2.46. The minimum absolute atomic E-state index is 0.00584. The summed E-state index contributed by atoms with van der Waals surface area (Å²) in [6.45, 7) is 2.98. The van der Waals surface area contributed by atoms with Crippen molar-refractivity contribution < 1.29 is 14.3 Å². The van der Waals surface area contributed by atoms with E-state index in [2.05, 4.69) is 17.2 Å². The number of hydrogen-bond acceptors (Lipinski definition) is 4. The number of carbonyl (C=O) groups excluding carboxylic acids is 2. The first-order chi connectivity index (χ1) is 12.1.